The Kier molecular flexibility index (Phi) is 4.59. The van der Waals surface area contributed by atoms with E-state index < -0.39 is 0 Å². The zero-order valence-electron chi connectivity index (χ0n) is 14.0. The number of fused-ring (bicyclic) bond motifs is 1. The fraction of sp³-hybridized carbons (Fsp3) is 0.300. The highest BCUT2D eigenvalue weighted by Gasteiger charge is 2.28. The number of aromatic nitrogens is 2. The highest BCUT2D eigenvalue weighted by atomic mass is 16.4. The minimum absolute atomic E-state index is 0.109. The van der Waals surface area contributed by atoms with E-state index in [1.54, 1.807) is 0 Å². The van der Waals surface area contributed by atoms with Crippen LogP contribution < -0.4 is 0 Å². The lowest BCUT2D eigenvalue weighted by molar-refractivity contribution is 0.132. The summed E-state index contributed by atoms with van der Waals surface area (Å²) in [5, 5.41) is 17.9. The number of benzene rings is 2. The first kappa shape index (κ1) is 16.0. The maximum atomic E-state index is 9.50. The molecule has 1 N–H and O–H groups in total. The number of aliphatic hydroxyl groups excluding tert-OH is 1. The van der Waals surface area contributed by atoms with Crippen molar-refractivity contribution in [1.82, 2.24) is 15.1 Å². The van der Waals surface area contributed by atoms with Gasteiger partial charge in [0.2, 0.25) is 11.8 Å². The summed E-state index contributed by atoms with van der Waals surface area (Å²) in [5.41, 5.74) is 3.66. The van der Waals surface area contributed by atoms with Crippen molar-refractivity contribution in [1.29, 1.82) is 0 Å². The van der Waals surface area contributed by atoms with Crippen LogP contribution in [0.3, 0.4) is 0 Å². The van der Waals surface area contributed by atoms with E-state index in [9.17, 15) is 5.11 Å². The van der Waals surface area contributed by atoms with Gasteiger partial charge in [0.25, 0.3) is 0 Å². The second-order valence-electron chi connectivity index (χ2n) is 6.31. The minimum Gasteiger partial charge on any atom is -0.419 e. The van der Waals surface area contributed by atoms with Crippen LogP contribution >= 0.6 is 0 Å². The minimum atomic E-state index is 0.109. The van der Waals surface area contributed by atoms with Crippen molar-refractivity contribution in [3.8, 4) is 11.5 Å². The van der Waals surface area contributed by atoms with E-state index in [4.69, 9.17) is 4.42 Å². The molecule has 0 saturated carbocycles. The van der Waals surface area contributed by atoms with Gasteiger partial charge in [-0.2, -0.15) is 0 Å². The van der Waals surface area contributed by atoms with Crippen LogP contribution in [0.15, 0.2) is 59.0 Å². The highest BCUT2D eigenvalue weighted by molar-refractivity contribution is 5.51. The van der Waals surface area contributed by atoms with Gasteiger partial charge in [0.1, 0.15) is 0 Å². The van der Waals surface area contributed by atoms with Crippen molar-refractivity contribution in [3.05, 3.63) is 71.6 Å². The predicted molar refractivity (Wildman–Crippen MR) is 94.7 cm³/mol. The van der Waals surface area contributed by atoms with E-state index in [2.05, 4.69) is 39.4 Å². The Morgan fingerprint density at radius 1 is 1.04 bits per heavy atom. The summed E-state index contributed by atoms with van der Waals surface area (Å²) in [6.45, 7) is 1.24. The molecule has 4 rings (SSSR count). The number of aliphatic hydroxyl groups is 1. The van der Waals surface area contributed by atoms with Crippen LogP contribution in [0, 0.1) is 0 Å². The largest absolute Gasteiger partial charge is 0.419 e. The molecule has 1 unspecified atom stereocenters. The van der Waals surface area contributed by atoms with E-state index in [1.165, 1.54) is 11.1 Å². The first-order valence-electron chi connectivity index (χ1n) is 8.65. The Morgan fingerprint density at radius 3 is 2.68 bits per heavy atom. The molecule has 5 heteroatoms. The smallest absolute Gasteiger partial charge is 0.247 e. The van der Waals surface area contributed by atoms with Gasteiger partial charge < -0.3 is 9.52 Å². The second-order valence-corrected chi connectivity index (χ2v) is 6.31. The normalized spacial score (nSPS) is 16.3. The molecule has 0 aliphatic heterocycles. The van der Waals surface area contributed by atoms with Crippen LogP contribution in [0.2, 0.25) is 0 Å². The maximum Gasteiger partial charge on any atom is 0.247 e. The molecule has 0 saturated heterocycles. The van der Waals surface area contributed by atoms with E-state index in [0.29, 0.717) is 24.9 Å². The first-order chi connectivity index (χ1) is 12.3. The predicted octanol–water partition coefficient (Wildman–Crippen LogP) is 3.22. The fourth-order valence-corrected chi connectivity index (χ4v) is 3.58. The molecule has 0 radical (unpaired) electrons. The zero-order valence-corrected chi connectivity index (χ0v) is 14.0. The van der Waals surface area contributed by atoms with Gasteiger partial charge >= 0.3 is 0 Å². The molecular formula is C20H21N3O2. The summed E-state index contributed by atoms with van der Waals surface area (Å²) in [6.07, 6.45) is 2.13. The summed E-state index contributed by atoms with van der Waals surface area (Å²) in [6, 6.07) is 18.6. The second kappa shape index (κ2) is 7.17. The molecule has 25 heavy (non-hydrogen) atoms. The Morgan fingerprint density at radius 2 is 1.84 bits per heavy atom. The number of aryl methyl sites for hydroxylation is 1. The molecule has 3 aromatic rings. The summed E-state index contributed by atoms with van der Waals surface area (Å²) < 4.78 is 5.85. The summed E-state index contributed by atoms with van der Waals surface area (Å²) in [5.74, 6) is 1.11. The summed E-state index contributed by atoms with van der Waals surface area (Å²) >= 11 is 0. The number of hydrogen-bond acceptors (Lipinski definition) is 5. The topological polar surface area (TPSA) is 62.4 Å². The van der Waals surface area contributed by atoms with E-state index in [0.717, 1.165) is 18.4 Å². The van der Waals surface area contributed by atoms with E-state index in [1.807, 2.05) is 30.3 Å². The molecule has 0 spiro atoms. The van der Waals surface area contributed by atoms with Gasteiger partial charge in [0, 0.05) is 18.2 Å². The number of hydrogen-bond donors (Lipinski definition) is 1. The molecule has 1 atom stereocenters. The SMILES string of the molecule is OCCN(Cc1nnc(-c2ccccc2)o1)C1CCc2ccccc21. The molecule has 1 aliphatic carbocycles. The molecule has 0 bridgehead atoms. The van der Waals surface area contributed by atoms with Gasteiger partial charge in [-0.15, -0.1) is 10.2 Å². The molecule has 0 fully saturated rings. The molecule has 1 aliphatic rings. The van der Waals surface area contributed by atoms with Gasteiger partial charge in [-0.1, -0.05) is 42.5 Å². The monoisotopic (exact) mass is 335 g/mol. The van der Waals surface area contributed by atoms with Crippen LogP contribution in [-0.4, -0.2) is 33.4 Å². The third-order valence-electron chi connectivity index (χ3n) is 4.76. The van der Waals surface area contributed by atoms with Crippen molar-refractivity contribution in [2.45, 2.75) is 25.4 Å². The lowest BCUT2D eigenvalue weighted by Crippen LogP contribution is -2.30. The van der Waals surface area contributed by atoms with Crippen LogP contribution in [0.4, 0.5) is 0 Å². The fourth-order valence-electron chi connectivity index (χ4n) is 3.58. The molecular weight excluding hydrogens is 314 g/mol. The van der Waals surface area contributed by atoms with E-state index >= 15 is 0 Å². The molecule has 1 heterocycles. The van der Waals surface area contributed by atoms with E-state index in [-0.39, 0.29) is 12.6 Å². The van der Waals surface area contributed by atoms with Crippen LogP contribution in [0.1, 0.15) is 29.5 Å². The van der Waals surface area contributed by atoms with Crippen molar-refractivity contribution in [3.63, 3.8) is 0 Å². The quantitative estimate of drug-likeness (QED) is 0.749. The standard InChI is InChI=1S/C20H21N3O2/c24-13-12-23(18-11-10-15-6-4-5-9-17(15)18)14-19-21-22-20(25-19)16-7-2-1-3-8-16/h1-9,18,24H,10-14H2. The van der Waals surface area contributed by atoms with Crippen LogP contribution in [-0.2, 0) is 13.0 Å². The average molecular weight is 335 g/mol. The first-order valence-corrected chi connectivity index (χ1v) is 8.65. The Balaban J connectivity index is 1.54. The molecule has 2 aromatic carbocycles. The van der Waals surface area contributed by atoms with Gasteiger partial charge in [-0.25, -0.2) is 0 Å². The third kappa shape index (κ3) is 3.34. The van der Waals surface area contributed by atoms with Gasteiger partial charge in [-0.05, 0) is 36.1 Å². The lowest BCUT2D eigenvalue weighted by atomic mass is 10.1. The maximum absolute atomic E-state index is 9.50. The summed E-state index contributed by atoms with van der Waals surface area (Å²) in [4.78, 5) is 2.23. The zero-order chi connectivity index (χ0) is 17.1. The molecule has 5 nitrogen and oxygen atoms in total. The number of nitrogens with zero attached hydrogens (tertiary/aromatic N) is 3. The highest BCUT2D eigenvalue weighted by Crippen LogP contribution is 2.36. The summed E-state index contributed by atoms with van der Waals surface area (Å²) in [7, 11) is 0. The lowest BCUT2D eigenvalue weighted by Gasteiger charge is -2.27. The number of rotatable bonds is 6. The molecule has 1 aromatic heterocycles. The van der Waals surface area contributed by atoms with Crippen LogP contribution in [0.5, 0.6) is 0 Å². The van der Waals surface area contributed by atoms with Crippen molar-refractivity contribution >= 4 is 0 Å². The van der Waals surface area contributed by atoms with Gasteiger partial charge in [0.05, 0.1) is 13.2 Å². The van der Waals surface area contributed by atoms with Gasteiger partial charge in [0.15, 0.2) is 0 Å². The Hall–Kier alpha value is -2.50. The Bertz CT molecular complexity index is 832. The average Bonchev–Trinajstić information content (AvgIpc) is 3.29. The Labute approximate surface area is 146 Å². The van der Waals surface area contributed by atoms with Crippen molar-refractivity contribution in [2.75, 3.05) is 13.2 Å². The third-order valence-corrected chi connectivity index (χ3v) is 4.76. The van der Waals surface area contributed by atoms with Crippen molar-refractivity contribution < 1.29 is 9.52 Å². The van der Waals surface area contributed by atoms with Gasteiger partial charge in [-0.3, -0.25) is 4.90 Å². The molecule has 0 amide bonds. The van der Waals surface area contributed by atoms with Crippen molar-refractivity contribution in [2.24, 2.45) is 0 Å². The van der Waals surface area contributed by atoms with Crippen LogP contribution in [0.25, 0.3) is 11.5 Å². The molecule has 128 valence electrons.